The van der Waals surface area contributed by atoms with E-state index in [1.54, 1.807) is 92.5 Å². The van der Waals surface area contributed by atoms with Crippen molar-refractivity contribution in [1.29, 1.82) is 0 Å². The number of benzene rings is 1. The molecule has 1 unspecified atom stereocenters. The number of aliphatic hydroxyl groups excluding tert-OH is 9. The highest BCUT2D eigenvalue weighted by atomic mass is 16.7. The zero-order chi connectivity index (χ0) is 67.1. The van der Waals surface area contributed by atoms with E-state index in [2.05, 4.69) is 10.3 Å². The van der Waals surface area contributed by atoms with E-state index in [9.17, 15) is 75.3 Å². The van der Waals surface area contributed by atoms with Crippen molar-refractivity contribution in [2.75, 3.05) is 32.7 Å². The van der Waals surface area contributed by atoms with Crippen LogP contribution >= 0.6 is 0 Å². The molecule has 0 spiro atoms. The van der Waals surface area contributed by atoms with Gasteiger partial charge in [0.1, 0.15) is 18.1 Å². The number of para-hydroxylation sites is 1. The summed E-state index contributed by atoms with van der Waals surface area (Å²) in [6.07, 6.45) is 7.45. The molecule has 0 radical (unpaired) electrons. The van der Waals surface area contributed by atoms with Crippen molar-refractivity contribution in [3.63, 3.8) is 0 Å². The summed E-state index contributed by atoms with van der Waals surface area (Å²) in [5, 5.41) is 127. The van der Waals surface area contributed by atoms with Crippen LogP contribution in [0.2, 0.25) is 0 Å². The Morgan fingerprint density at radius 2 is 1.36 bits per heavy atom. The molecule has 4 aliphatic rings. The number of unbranched alkanes of at least 4 members (excludes halogenated alkanes) is 2. The third kappa shape index (κ3) is 23.3. The summed E-state index contributed by atoms with van der Waals surface area (Å²) in [5.41, 5.74) is 8.18. The summed E-state index contributed by atoms with van der Waals surface area (Å²) in [4.78, 5) is 58.6. The number of esters is 1. The van der Waals surface area contributed by atoms with Crippen LogP contribution in [-0.4, -0.2) is 231 Å². The minimum atomic E-state index is -2.38. The van der Waals surface area contributed by atoms with Gasteiger partial charge in [-0.3, -0.25) is 24.1 Å². The maximum absolute atomic E-state index is 13.4. The molecule has 0 saturated carbocycles. The fourth-order valence-corrected chi connectivity index (χ4v) is 12.3. The van der Waals surface area contributed by atoms with Gasteiger partial charge < -0.3 is 96.1 Å². The van der Waals surface area contributed by atoms with Crippen LogP contribution in [0.5, 0.6) is 0 Å². The van der Waals surface area contributed by atoms with Crippen LogP contribution in [0.25, 0.3) is 10.9 Å². The van der Waals surface area contributed by atoms with Gasteiger partial charge in [-0.2, -0.15) is 0 Å². The molecule has 5 heterocycles. The number of carboxylic acid groups (broad SMARTS) is 1. The number of aliphatic carboxylic acids is 1. The number of fused-ring (bicyclic) bond motifs is 3. The molecule has 3 saturated heterocycles. The van der Waals surface area contributed by atoms with Crippen molar-refractivity contribution in [1.82, 2.24) is 20.1 Å². The van der Waals surface area contributed by atoms with E-state index < -0.39 is 153 Å². The van der Waals surface area contributed by atoms with Crippen LogP contribution in [-0.2, 0) is 44.5 Å². The van der Waals surface area contributed by atoms with Gasteiger partial charge in [0.2, 0.25) is 11.8 Å². The largest absolute Gasteiger partial charge is 0.481 e. The van der Waals surface area contributed by atoms with Crippen molar-refractivity contribution < 1.29 is 94.3 Å². The van der Waals surface area contributed by atoms with E-state index in [1.165, 1.54) is 0 Å². The smallest absolute Gasteiger partial charge is 0.311 e. The molecule has 6 rings (SSSR count). The first kappa shape index (κ1) is 75.3. The van der Waals surface area contributed by atoms with E-state index in [-0.39, 0.29) is 43.4 Å². The first-order valence-electron chi connectivity index (χ1n) is 32.4. The topological polar surface area (TPSA) is 388 Å². The van der Waals surface area contributed by atoms with E-state index in [4.69, 9.17) is 24.7 Å². The molecule has 1 aromatic heterocycles. The average Bonchev–Trinajstić information content (AvgIpc) is 0.993. The number of nitrogens with one attached hydrogen (secondary N) is 2. The number of allylic oxidation sites excluding steroid dienone is 12. The van der Waals surface area contributed by atoms with Crippen LogP contribution in [0.1, 0.15) is 110 Å². The second kappa shape index (κ2) is 37.3. The second-order valence-corrected chi connectivity index (χ2v) is 25.2. The molecule has 2 aromatic rings. The number of ether oxygens (including phenoxy) is 4. The molecule has 4 aliphatic heterocycles. The van der Waals surface area contributed by atoms with E-state index in [0.717, 1.165) is 16.5 Å². The van der Waals surface area contributed by atoms with Gasteiger partial charge in [0.05, 0.1) is 85.6 Å². The molecular formula is C68H101N5O19. The lowest BCUT2D eigenvalue weighted by Gasteiger charge is -2.49. The lowest BCUT2D eigenvalue weighted by Crippen LogP contribution is -2.66. The Morgan fingerprint density at radius 3 is 2.02 bits per heavy atom. The molecule has 512 valence electrons. The number of rotatable bonds is 13. The Morgan fingerprint density at radius 1 is 0.717 bits per heavy atom. The number of carbonyl (C=O) groups excluding carboxylic acids is 3. The number of aromatic amines is 1. The molecule has 92 heavy (non-hydrogen) atoms. The number of aliphatic hydroxyl groups is 10. The Kier molecular flexibility index (Phi) is 30.5. The van der Waals surface area contributed by atoms with Crippen molar-refractivity contribution in [2.24, 2.45) is 23.5 Å². The Labute approximate surface area is 539 Å². The summed E-state index contributed by atoms with van der Waals surface area (Å²) in [6, 6.07) is 6.17. The third-order valence-electron chi connectivity index (χ3n) is 17.8. The number of carbonyl (C=O) groups is 4. The molecule has 0 aliphatic carbocycles. The van der Waals surface area contributed by atoms with Crippen LogP contribution in [0.15, 0.2) is 116 Å². The lowest BCUT2D eigenvalue weighted by atomic mass is 9.82. The third-order valence-corrected chi connectivity index (χ3v) is 17.8. The van der Waals surface area contributed by atoms with Gasteiger partial charge in [0, 0.05) is 93.8 Å². The minimum absolute atomic E-state index is 0.0474. The molecule has 1 aromatic carbocycles. The molecule has 24 heteroatoms. The number of nitrogens with zero attached hydrogens (tertiary/aromatic N) is 2. The van der Waals surface area contributed by atoms with Crippen LogP contribution in [0.3, 0.4) is 0 Å². The molecule has 3 fully saturated rings. The standard InChI is InChI=1S/C68H101N5O19/c1-42-22-16-13-11-9-7-5-6-8-10-12-14-17-23-50(38-57-60(66(86)87)56(79)40-68(88,92-57)39-49(76)36-55(78)54(77)28-27-47(74)35-48(75)37-59(81)89-44(3)43(2)62(42)82)91-67-64(84)61(63(83)45(4)90-67)73-32-30-72(31-33-73)58(80)26-18-15-21-29-70-65(85)52(69)34-46-41-71-53-25-20-19-24-51(46)53/h5-14,16-17,19-20,22-25,41-45,47-50,52,54-57,60-64,67,71,74-79,82-84,88H,15,18,21,26-40,69H2,1-4H3,(H,70,85)(H,86,87)/b6-5+,9-7+,10-8+,13-11+,14-12+,22-16+,23-17+/t42-,43-,44-,45+,47+,48+,49-,50-,52?,54+,55+,56-,57-,60+,61-,62+,63+,64-,67-,68+/m0/s1. The van der Waals surface area contributed by atoms with Crippen molar-refractivity contribution >= 4 is 34.7 Å². The number of piperazine rings is 1. The average molecular weight is 1290 g/mol. The fourth-order valence-electron chi connectivity index (χ4n) is 12.3. The molecule has 15 N–H and O–H groups in total. The number of H-pyrrole nitrogens is 1. The predicted molar refractivity (Wildman–Crippen MR) is 342 cm³/mol. The molecule has 2 amide bonds. The Bertz CT molecular complexity index is 2830. The van der Waals surface area contributed by atoms with Crippen molar-refractivity contribution in [2.45, 2.75) is 215 Å². The normalized spacial score (nSPS) is 37.2. The molecular weight excluding hydrogens is 1190 g/mol. The molecule has 2 bridgehead atoms. The van der Waals surface area contributed by atoms with E-state index in [1.807, 2.05) is 60.5 Å². The highest BCUT2D eigenvalue weighted by molar-refractivity contribution is 5.86. The van der Waals surface area contributed by atoms with Gasteiger partial charge in [-0.25, -0.2) is 0 Å². The Balaban J connectivity index is 1.10. The zero-order valence-electron chi connectivity index (χ0n) is 53.3. The minimum Gasteiger partial charge on any atom is -0.481 e. The van der Waals surface area contributed by atoms with Gasteiger partial charge in [0.15, 0.2) is 12.1 Å². The monoisotopic (exact) mass is 1290 g/mol. The van der Waals surface area contributed by atoms with Crippen LogP contribution < -0.4 is 11.1 Å². The summed E-state index contributed by atoms with van der Waals surface area (Å²) >= 11 is 0. The van der Waals surface area contributed by atoms with Crippen LogP contribution in [0.4, 0.5) is 0 Å². The van der Waals surface area contributed by atoms with Crippen molar-refractivity contribution in [3.05, 3.63) is 121 Å². The van der Waals surface area contributed by atoms with Crippen molar-refractivity contribution in [3.8, 4) is 0 Å². The SMILES string of the molecule is C[C@@H]1[C@H](O)[C@@H](C)/C=C/C=C/C=C/C=C/C=C/C=C/C=C/[C@H](O[C@@H]2O[C@H](C)[C@@H](O)[C@H](N3CCN(C(=O)CCCCCNC(=O)C(N)Cc4c[nH]c5ccccc45)CC3)[C@@H]2O)C[C@@H]2O[C@](O)(C[C@@H](O)C[C@@H](O)[C@H](O)CC[C@@H](O)C[C@@H](O)CC(=O)O[C@H]1C)C[C@H](O)[C@H]2C(=O)O. The quantitative estimate of drug-likeness (QED) is 0.101. The Hall–Kier alpha value is -5.78. The summed E-state index contributed by atoms with van der Waals surface area (Å²) < 4.78 is 24.2. The van der Waals surface area contributed by atoms with Gasteiger partial charge >= 0.3 is 11.9 Å². The number of amides is 2. The van der Waals surface area contributed by atoms with E-state index in [0.29, 0.717) is 64.8 Å². The van der Waals surface area contributed by atoms with Crippen LogP contribution in [0, 0.1) is 17.8 Å². The summed E-state index contributed by atoms with van der Waals surface area (Å²) in [7, 11) is 0. The molecule has 20 atom stereocenters. The maximum Gasteiger partial charge on any atom is 0.311 e. The number of cyclic esters (lactones) is 1. The van der Waals surface area contributed by atoms with Gasteiger partial charge in [0.25, 0.3) is 0 Å². The highest BCUT2D eigenvalue weighted by Gasteiger charge is 2.52. The maximum atomic E-state index is 13.4. The summed E-state index contributed by atoms with van der Waals surface area (Å²) in [5.74, 6) is -7.30. The number of aromatic nitrogens is 1. The first-order valence-corrected chi connectivity index (χ1v) is 32.4. The first-order chi connectivity index (χ1) is 43.8. The fraction of sp³-hybridized carbons (Fsp3) is 0.618. The lowest BCUT2D eigenvalue weighted by molar-refractivity contribution is -0.312. The van der Waals surface area contributed by atoms with E-state index >= 15 is 0 Å². The predicted octanol–water partition coefficient (Wildman–Crippen LogP) is 2.63. The summed E-state index contributed by atoms with van der Waals surface area (Å²) in [6.45, 7) is 8.46. The zero-order valence-corrected chi connectivity index (χ0v) is 53.3. The number of hydrogen-bond donors (Lipinski definition) is 14. The van der Waals surface area contributed by atoms with Gasteiger partial charge in [-0.05, 0) is 64.0 Å². The number of nitrogens with two attached hydrogens (primary N) is 1. The molecule has 24 nitrogen and oxygen atoms in total. The number of hydrogen-bond acceptors (Lipinski definition) is 20. The second-order valence-electron chi connectivity index (χ2n) is 25.2. The van der Waals surface area contributed by atoms with Gasteiger partial charge in [-0.1, -0.05) is 124 Å². The highest BCUT2D eigenvalue weighted by Crippen LogP contribution is 2.39. The van der Waals surface area contributed by atoms with Gasteiger partial charge in [-0.15, -0.1) is 0 Å². The number of carboxylic acids is 1.